The highest BCUT2D eigenvalue weighted by atomic mass is 16.5. The molecule has 1 heterocycles. The number of rotatable bonds is 5. The number of benzene rings is 1. The minimum atomic E-state index is 0.415. The molecule has 1 unspecified atom stereocenters. The lowest BCUT2D eigenvalue weighted by molar-refractivity contribution is 0.219. The van der Waals surface area contributed by atoms with Crippen LogP contribution in [0.4, 0.5) is 0 Å². The van der Waals surface area contributed by atoms with Gasteiger partial charge in [-0.05, 0) is 43.9 Å². The van der Waals surface area contributed by atoms with Gasteiger partial charge in [0.05, 0.1) is 12.9 Å². The minimum Gasteiger partial charge on any atom is -0.501 e. The standard InChI is InChI=1S/C16H23NO/c1-3-17-16(15-5-4-10-18-12-15)11-14-8-6-13(2)7-9-14/h6-9,12,16-17H,3-5,10-11H2,1-2H3. The molecule has 1 N–H and O–H groups in total. The Morgan fingerprint density at radius 3 is 2.67 bits per heavy atom. The number of nitrogens with one attached hydrogen (secondary N) is 1. The molecule has 0 saturated heterocycles. The van der Waals surface area contributed by atoms with Crippen molar-refractivity contribution < 1.29 is 4.74 Å². The van der Waals surface area contributed by atoms with Crippen molar-refractivity contribution in [2.75, 3.05) is 13.2 Å². The van der Waals surface area contributed by atoms with E-state index in [1.54, 1.807) is 0 Å². The second-order valence-corrected chi connectivity index (χ2v) is 4.97. The van der Waals surface area contributed by atoms with Crippen LogP contribution in [0.5, 0.6) is 0 Å². The first-order chi connectivity index (χ1) is 8.79. The van der Waals surface area contributed by atoms with Gasteiger partial charge in [-0.3, -0.25) is 0 Å². The Labute approximate surface area is 110 Å². The summed E-state index contributed by atoms with van der Waals surface area (Å²) in [7, 11) is 0. The van der Waals surface area contributed by atoms with E-state index in [0.717, 1.165) is 32.4 Å². The lowest BCUT2D eigenvalue weighted by atomic mass is 9.95. The van der Waals surface area contributed by atoms with Gasteiger partial charge in [-0.1, -0.05) is 36.8 Å². The number of hydrogen-bond donors (Lipinski definition) is 1. The molecular weight excluding hydrogens is 222 g/mol. The summed E-state index contributed by atoms with van der Waals surface area (Å²) in [6.45, 7) is 6.15. The van der Waals surface area contributed by atoms with E-state index in [9.17, 15) is 0 Å². The predicted molar refractivity (Wildman–Crippen MR) is 75.6 cm³/mol. The molecule has 2 nitrogen and oxygen atoms in total. The molecule has 2 heteroatoms. The van der Waals surface area contributed by atoms with Crippen LogP contribution in [0.15, 0.2) is 36.1 Å². The van der Waals surface area contributed by atoms with Gasteiger partial charge in [-0.15, -0.1) is 0 Å². The van der Waals surface area contributed by atoms with E-state index >= 15 is 0 Å². The summed E-state index contributed by atoms with van der Waals surface area (Å²) < 4.78 is 5.46. The molecule has 18 heavy (non-hydrogen) atoms. The van der Waals surface area contributed by atoms with Crippen LogP contribution in [0, 0.1) is 6.92 Å². The van der Waals surface area contributed by atoms with Gasteiger partial charge in [0.25, 0.3) is 0 Å². The summed E-state index contributed by atoms with van der Waals surface area (Å²) in [5.74, 6) is 0. The van der Waals surface area contributed by atoms with Crippen molar-refractivity contribution in [1.29, 1.82) is 0 Å². The summed E-state index contributed by atoms with van der Waals surface area (Å²) in [6.07, 6.45) is 5.31. The van der Waals surface area contributed by atoms with Crippen molar-refractivity contribution >= 4 is 0 Å². The maximum Gasteiger partial charge on any atom is 0.0876 e. The van der Waals surface area contributed by atoms with Crippen LogP contribution in [0.1, 0.15) is 30.9 Å². The average Bonchev–Trinajstić information content (AvgIpc) is 2.42. The van der Waals surface area contributed by atoms with Gasteiger partial charge in [0.1, 0.15) is 0 Å². The molecule has 0 aliphatic carbocycles. The molecule has 0 saturated carbocycles. The number of likely N-dealkylation sites (N-methyl/N-ethyl adjacent to an activating group) is 1. The van der Waals surface area contributed by atoms with Crippen LogP contribution in [-0.4, -0.2) is 19.2 Å². The van der Waals surface area contributed by atoms with Crippen LogP contribution in [-0.2, 0) is 11.2 Å². The van der Waals surface area contributed by atoms with E-state index in [-0.39, 0.29) is 0 Å². The summed E-state index contributed by atoms with van der Waals surface area (Å²) in [5, 5.41) is 3.57. The van der Waals surface area contributed by atoms with Gasteiger partial charge >= 0.3 is 0 Å². The average molecular weight is 245 g/mol. The van der Waals surface area contributed by atoms with Gasteiger partial charge in [-0.2, -0.15) is 0 Å². The number of aryl methyl sites for hydroxylation is 1. The third-order valence-corrected chi connectivity index (χ3v) is 3.42. The quantitative estimate of drug-likeness (QED) is 0.860. The predicted octanol–water partition coefficient (Wildman–Crippen LogP) is 3.21. The molecule has 1 atom stereocenters. The zero-order valence-corrected chi connectivity index (χ0v) is 11.4. The van der Waals surface area contributed by atoms with Crippen LogP contribution in [0.25, 0.3) is 0 Å². The van der Waals surface area contributed by atoms with Gasteiger partial charge in [0, 0.05) is 6.04 Å². The molecular formula is C16H23NO. The lowest BCUT2D eigenvalue weighted by Gasteiger charge is -2.24. The maximum atomic E-state index is 5.46. The monoisotopic (exact) mass is 245 g/mol. The maximum absolute atomic E-state index is 5.46. The Balaban J connectivity index is 2.05. The van der Waals surface area contributed by atoms with Crippen molar-refractivity contribution in [3.8, 4) is 0 Å². The Morgan fingerprint density at radius 2 is 2.06 bits per heavy atom. The first-order valence-corrected chi connectivity index (χ1v) is 6.89. The molecule has 0 aromatic heterocycles. The molecule has 0 spiro atoms. The van der Waals surface area contributed by atoms with Crippen molar-refractivity contribution in [3.63, 3.8) is 0 Å². The molecule has 1 aliphatic rings. The van der Waals surface area contributed by atoms with Gasteiger partial charge < -0.3 is 10.1 Å². The van der Waals surface area contributed by atoms with Crippen molar-refractivity contribution in [2.45, 2.75) is 39.2 Å². The van der Waals surface area contributed by atoms with E-state index in [1.807, 2.05) is 6.26 Å². The SMILES string of the molecule is CCNC(Cc1ccc(C)cc1)C1=COCCC1. The Bertz CT molecular complexity index is 394. The van der Waals surface area contributed by atoms with Crippen LogP contribution < -0.4 is 5.32 Å². The normalized spacial score (nSPS) is 16.9. The molecule has 1 aromatic carbocycles. The Morgan fingerprint density at radius 1 is 1.28 bits per heavy atom. The third-order valence-electron chi connectivity index (χ3n) is 3.42. The summed E-state index contributed by atoms with van der Waals surface area (Å²) in [5.41, 5.74) is 4.11. The number of ether oxygens (including phenoxy) is 1. The van der Waals surface area contributed by atoms with Gasteiger partial charge in [0.2, 0.25) is 0 Å². The van der Waals surface area contributed by atoms with E-state index in [1.165, 1.54) is 16.7 Å². The minimum absolute atomic E-state index is 0.415. The fraction of sp³-hybridized carbons (Fsp3) is 0.500. The summed E-state index contributed by atoms with van der Waals surface area (Å²) in [4.78, 5) is 0. The van der Waals surface area contributed by atoms with E-state index < -0.39 is 0 Å². The molecule has 0 bridgehead atoms. The zero-order valence-electron chi connectivity index (χ0n) is 11.4. The van der Waals surface area contributed by atoms with E-state index in [2.05, 4.69) is 43.4 Å². The molecule has 0 radical (unpaired) electrons. The Hall–Kier alpha value is -1.28. The second kappa shape index (κ2) is 6.60. The van der Waals surface area contributed by atoms with Crippen molar-refractivity contribution in [2.24, 2.45) is 0 Å². The largest absolute Gasteiger partial charge is 0.501 e. The molecule has 0 amide bonds. The zero-order chi connectivity index (χ0) is 12.8. The van der Waals surface area contributed by atoms with Crippen molar-refractivity contribution in [1.82, 2.24) is 5.32 Å². The van der Waals surface area contributed by atoms with E-state index in [0.29, 0.717) is 6.04 Å². The summed E-state index contributed by atoms with van der Waals surface area (Å²) >= 11 is 0. The lowest BCUT2D eigenvalue weighted by Crippen LogP contribution is -2.33. The fourth-order valence-electron chi connectivity index (χ4n) is 2.38. The summed E-state index contributed by atoms with van der Waals surface area (Å²) in [6, 6.07) is 9.24. The molecule has 0 fully saturated rings. The van der Waals surface area contributed by atoms with Crippen LogP contribution in [0.3, 0.4) is 0 Å². The highest BCUT2D eigenvalue weighted by Crippen LogP contribution is 2.19. The molecule has 98 valence electrons. The molecule has 2 rings (SSSR count). The third kappa shape index (κ3) is 3.61. The smallest absolute Gasteiger partial charge is 0.0876 e. The highest BCUT2D eigenvalue weighted by Gasteiger charge is 2.16. The molecule has 1 aliphatic heterocycles. The number of hydrogen-bond acceptors (Lipinski definition) is 2. The Kier molecular flexibility index (Phi) is 4.82. The molecule has 1 aromatic rings. The van der Waals surface area contributed by atoms with E-state index in [4.69, 9.17) is 4.74 Å². The van der Waals surface area contributed by atoms with Gasteiger partial charge in [-0.25, -0.2) is 0 Å². The van der Waals surface area contributed by atoms with Gasteiger partial charge in [0.15, 0.2) is 0 Å². The first kappa shape index (κ1) is 13.2. The second-order valence-electron chi connectivity index (χ2n) is 4.97. The van der Waals surface area contributed by atoms with Crippen LogP contribution in [0.2, 0.25) is 0 Å². The highest BCUT2D eigenvalue weighted by molar-refractivity contribution is 5.24. The van der Waals surface area contributed by atoms with Crippen LogP contribution >= 0.6 is 0 Å². The van der Waals surface area contributed by atoms with Crippen molar-refractivity contribution in [3.05, 3.63) is 47.2 Å². The first-order valence-electron chi connectivity index (χ1n) is 6.89. The topological polar surface area (TPSA) is 21.3 Å². The fourth-order valence-corrected chi connectivity index (χ4v) is 2.38.